The Morgan fingerprint density at radius 1 is 1.40 bits per heavy atom. The molecule has 52 valence electrons. The van der Waals surface area contributed by atoms with Gasteiger partial charge in [-0.2, -0.15) is 11.8 Å². The summed E-state index contributed by atoms with van der Waals surface area (Å²) in [6.45, 7) is 3.76. The van der Waals surface area contributed by atoms with Gasteiger partial charge in [-0.05, 0) is 24.3 Å². The summed E-state index contributed by atoms with van der Waals surface area (Å²) in [6, 6.07) is 11.0. The van der Waals surface area contributed by atoms with E-state index in [9.17, 15) is 0 Å². The standard InChI is InChI=1S/C9H10S/c1-2-10-8-9-6-4-3-5-7-9/h4-7H,1-2,8H2. The van der Waals surface area contributed by atoms with E-state index in [1.54, 1.807) is 0 Å². The lowest BCUT2D eigenvalue weighted by Gasteiger charge is -1.96. The van der Waals surface area contributed by atoms with Crippen molar-refractivity contribution in [3.05, 3.63) is 42.8 Å². The van der Waals surface area contributed by atoms with Gasteiger partial charge in [0, 0.05) is 5.75 Å². The fraction of sp³-hybridized carbons (Fsp3) is 0.222. The number of thioether (sulfide) groups is 1. The Labute approximate surface area is 66.6 Å². The molecule has 0 aliphatic heterocycles. The van der Waals surface area contributed by atoms with Crippen molar-refractivity contribution in [3.63, 3.8) is 0 Å². The zero-order valence-corrected chi connectivity index (χ0v) is 6.66. The lowest BCUT2D eigenvalue weighted by atomic mass is 10.2. The zero-order valence-electron chi connectivity index (χ0n) is 5.84. The highest BCUT2D eigenvalue weighted by molar-refractivity contribution is 7.98. The van der Waals surface area contributed by atoms with Crippen LogP contribution in [0.25, 0.3) is 0 Å². The van der Waals surface area contributed by atoms with Gasteiger partial charge in [-0.25, -0.2) is 0 Å². The summed E-state index contributed by atoms with van der Waals surface area (Å²) in [7, 11) is 0. The van der Waals surface area contributed by atoms with Gasteiger partial charge in [-0.1, -0.05) is 24.3 Å². The molecule has 0 bridgehead atoms. The Bertz CT molecular complexity index is 169. The summed E-state index contributed by atoms with van der Waals surface area (Å²) < 4.78 is 0. The third-order valence-electron chi connectivity index (χ3n) is 1.20. The van der Waals surface area contributed by atoms with Crippen molar-refractivity contribution in [1.82, 2.24) is 0 Å². The summed E-state index contributed by atoms with van der Waals surface area (Å²) in [5.74, 6) is 2.01. The first-order chi connectivity index (χ1) is 4.93. The minimum absolute atomic E-state index is 0.943. The summed E-state index contributed by atoms with van der Waals surface area (Å²) in [5, 5.41) is 0. The molecule has 0 heterocycles. The minimum atomic E-state index is 0.943. The summed E-state index contributed by atoms with van der Waals surface area (Å²) in [4.78, 5) is 0. The molecule has 0 aromatic heterocycles. The van der Waals surface area contributed by atoms with Gasteiger partial charge < -0.3 is 0 Å². The molecule has 2 radical (unpaired) electrons. The molecule has 0 aliphatic rings. The third kappa shape index (κ3) is 2.44. The van der Waals surface area contributed by atoms with Crippen molar-refractivity contribution < 1.29 is 0 Å². The average molecular weight is 150 g/mol. The average Bonchev–Trinajstić information content (AvgIpc) is 2.03. The van der Waals surface area contributed by atoms with Gasteiger partial charge in [0.05, 0.1) is 0 Å². The Balaban J connectivity index is 2.43. The first kappa shape index (κ1) is 7.67. The summed E-state index contributed by atoms with van der Waals surface area (Å²) >= 11 is 1.84. The molecule has 0 saturated carbocycles. The highest BCUT2D eigenvalue weighted by Gasteiger charge is 1.87. The largest absolute Gasteiger partial charge is 0.157 e. The van der Waals surface area contributed by atoms with Gasteiger partial charge >= 0.3 is 0 Å². The molecule has 0 saturated heterocycles. The van der Waals surface area contributed by atoms with Crippen LogP contribution < -0.4 is 0 Å². The Morgan fingerprint density at radius 3 is 2.70 bits per heavy atom. The predicted molar refractivity (Wildman–Crippen MR) is 46.8 cm³/mol. The van der Waals surface area contributed by atoms with Crippen molar-refractivity contribution in [2.75, 3.05) is 5.75 Å². The smallest absolute Gasteiger partial charge is 0.0184 e. The molecule has 0 nitrogen and oxygen atoms in total. The van der Waals surface area contributed by atoms with Crippen LogP contribution in [0.5, 0.6) is 0 Å². The van der Waals surface area contributed by atoms with Crippen molar-refractivity contribution in [1.29, 1.82) is 0 Å². The van der Waals surface area contributed by atoms with Gasteiger partial charge in [-0.3, -0.25) is 0 Å². The molecule has 0 spiro atoms. The Morgan fingerprint density at radius 2 is 2.10 bits per heavy atom. The predicted octanol–water partition coefficient (Wildman–Crippen LogP) is 2.55. The lowest BCUT2D eigenvalue weighted by molar-refractivity contribution is 1.41. The highest BCUT2D eigenvalue weighted by atomic mass is 32.2. The van der Waals surface area contributed by atoms with Gasteiger partial charge in [0.25, 0.3) is 0 Å². The van der Waals surface area contributed by atoms with E-state index in [4.69, 9.17) is 0 Å². The van der Waals surface area contributed by atoms with Crippen LogP contribution in [0.4, 0.5) is 0 Å². The van der Waals surface area contributed by atoms with E-state index < -0.39 is 0 Å². The van der Waals surface area contributed by atoms with E-state index in [2.05, 4.69) is 25.1 Å². The second-order valence-corrected chi connectivity index (χ2v) is 3.07. The molecule has 0 aliphatic carbocycles. The molecule has 1 aromatic rings. The van der Waals surface area contributed by atoms with Gasteiger partial charge in [0.1, 0.15) is 0 Å². The van der Waals surface area contributed by atoms with Crippen molar-refractivity contribution in [2.24, 2.45) is 0 Å². The molecule has 0 fully saturated rings. The molecule has 0 N–H and O–H groups in total. The minimum Gasteiger partial charge on any atom is -0.157 e. The van der Waals surface area contributed by atoms with E-state index in [-0.39, 0.29) is 0 Å². The second-order valence-electron chi connectivity index (χ2n) is 1.96. The number of benzene rings is 1. The molecule has 1 rings (SSSR count). The fourth-order valence-electron chi connectivity index (χ4n) is 0.708. The van der Waals surface area contributed by atoms with Crippen LogP contribution in [-0.2, 0) is 5.75 Å². The lowest BCUT2D eigenvalue weighted by Crippen LogP contribution is -1.78. The normalized spacial score (nSPS) is 9.70. The molecular weight excluding hydrogens is 140 g/mol. The van der Waals surface area contributed by atoms with Crippen LogP contribution in [0.3, 0.4) is 0 Å². The molecule has 0 amide bonds. The molecule has 10 heavy (non-hydrogen) atoms. The van der Waals surface area contributed by atoms with Gasteiger partial charge in [0.15, 0.2) is 0 Å². The maximum Gasteiger partial charge on any atom is 0.0184 e. The maximum absolute atomic E-state index is 3.76. The van der Waals surface area contributed by atoms with E-state index in [1.165, 1.54) is 5.56 Å². The Kier molecular flexibility index (Phi) is 3.37. The van der Waals surface area contributed by atoms with Gasteiger partial charge in [-0.15, -0.1) is 0 Å². The van der Waals surface area contributed by atoms with Crippen LogP contribution in [-0.4, -0.2) is 5.75 Å². The third-order valence-corrected chi connectivity index (χ3v) is 2.03. The van der Waals surface area contributed by atoms with Crippen LogP contribution in [0.15, 0.2) is 24.3 Å². The molecule has 0 atom stereocenters. The second kappa shape index (κ2) is 4.40. The number of rotatable bonds is 3. The van der Waals surface area contributed by atoms with E-state index in [0.29, 0.717) is 0 Å². The van der Waals surface area contributed by atoms with Crippen LogP contribution >= 0.6 is 11.8 Å². The summed E-state index contributed by atoms with van der Waals surface area (Å²) in [6.07, 6.45) is 0. The van der Waals surface area contributed by atoms with Crippen LogP contribution in [0, 0.1) is 13.0 Å². The van der Waals surface area contributed by atoms with E-state index >= 15 is 0 Å². The topological polar surface area (TPSA) is 0 Å². The molecular formula is C9H10S. The highest BCUT2D eigenvalue weighted by Crippen LogP contribution is 2.09. The van der Waals surface area contributed by atoms with Crippen molar-refractivity contribution >= 4 is 11.8 Å². The van der Waals surface area contributed by atoms with Crippen molar-refractivity contribution in [2.45, 2.75) is 5.75 Å². The molecule has 1 heteroatoms. The SMILES string of the molecule is [CH2]CSCc1cc[c]cc1. The van der Waals surface area contributed by atoms with Crippen LogP contribution in [0.2, 0.25) is 0 Å². The Hall–Kier alpha value is -0.430. The zero-order chi connectivity index (χ0) is 7.23. The maximum atomic E-state index is 3.76. The van der Waals surface area contributed by atoms with Crippen LogP contribution in [0.1, 0.15) is 5.56 Å². The molecule has 0 unspecified atom stereocenters. The monoisotopic (exact) mass is 150 g/mol. The molecule has 1 aromatic carbocycles. The van der Waals surface area contributed by atoms with E-state index in [1.807, 2.05) is 23.9 Å². The first-order valence-corrected chi connectivity index (χ1v) is 4.41. The van der Waals surface area contributed by atoms with E-state index in [0.717, 1.165) is 11.5 Å². The number of hydrogen-bond acceptors (Lipinski definition) is 1. The number of hydrogen-bond donors (Lipinski definition) is 0. The quantitative estimate of drug-likeness (QED) is 0.638. The first-order valence-electron chi connectivity index (χ1n) is 3.25. The summed E-state index contributed by atoms with van der Waals surface area (Å²) in [5.41, 5.74) is 1.35. The van der Waals surface area contributed by atoms with Crippen molar-refractivity contribution in [3.8, 4) is 0 Å². The van der Waals surface area contributed by atoms with Gasteiger partial charge in [0.2, 0.25) is 0 Å². The fourth-order valence-corrected chi connectivity index (χ4v) is 1.28.